The van der Waals surface area contributed by atoms with Crippen LogP contribution in [-0.4, -0.2) is 45.8 Å². The van der Waals surface area contributed by atoms with E-state index in [9.17, 15) is 22.8 Å². The maximum absolute atomic E-state index is 12.1. The van der Waals surface area contributed by atoms with Gasteiger partial charge in [0.15, 0.2) is 0 Å². The third kappa shape index (κ3) is 5.26. The molecule has 10 heteroatoms. The highest BCUT2D eigenvalue weighted by atomic mass is 32.2. The Kier molecular flexibility index (Phi) is 6.10. The number of carbonyl (C=O) groups is 3. The number of amides is 3. The number of sulfonamides is 1. The van der Waals surface area contributed by atoms with Crippen LogP contribution in [0.5, 0.6) is 5.75 Å². The first-order valence-corrected chi connectivity index (χ1v) is 9.07. The first kappa shape index (κ1) is 18.9. The molecule has 1 aliphatic heterocycles. The lowest BCUT2D eigenvalue weighted by Crippen LogP contribution is -2.52. The van der Waals surface area contributed by atoms with Crippen LogP contribution in [0, 0.1) is 0 Å². The fourth-order valence-corrected chi connectivity index (χ4v) is 3.27. The molecule has 3 N–H and O–H groups in total. The second-order valence-corrected chi connectivity index (χ2v) is 7.16. The van der Waals surface area contributed by atoms with E-state index in [0.29, 0.717) is 5.75 Å². The maximum Gasteiger partial charge on any atom is 0.249 e. The number of ether oxygens (including phenoxy) is 1. The third-order valence-electron chi connectivity index (χ3n) is 3.59. The quantitative estimate of drug-likeness (QED) is 0.544. The Hall–Kier alpha value is -2.46. The van der Waals surface area contributed by atoms with Crippen LogP contribution in [-0.2, 0) is 24.4 Å². The van der Waals surface area contributed by atoms with Crippen LogP contribution >= 0.6 is 0 Å². The number of methoxy groups -OCH3 is 1. The van der Waals surface area contributed by atoms with Crippen molar-refractivity contribution in [3.05, 3.63) is 24.3 Å². The molecule has 136 valence electrons. The van der Waals surface area contributed by atoms with Gasteiger partial charge in [-0.1, -0.05) is 0 Å². The average molecular weight is 369 g/mol. The molecule has 1 unspecified atom stereocenters. The van der Waals surface area contributed by atoms with Crippen molar-refractivity contribution in [1.29, 1.82) is 0 Å². The average Bonchev–Trinajstić information content (AvgIpc) is 2.57. The van der Waals surface area contributed by atoms with Gasteiger partial charge in [0.1, 0.15) is 11.8 Å². The number of nitrogens with one attached hydrogen (secondary N) is 3. The summed E-state index contributed by atoms with van der Waals surface area (Å²) >= 11 is 0. The van der Waals surface area contributed by atoms with Crippen LogP contribution in [0.3, 0.4) is 0 Å². The van der Waals surface area contributed by atoms with Crippen LogP contribution in [0.2, 0.25) is 0 Å². The van der Waals surface area contributed by atoms with E-state index in [2.05, 4.69) is 15.4 Å². The number of carbonyl (C=O) groups excluding carboxylic acids is 3. The smallest absolute Gasteiger partial charge is 0.249 e. The van der Waals surface area contributed by atoms with Gasteiger partial charge in [0.25, 0.3) is 0 Å². The fourth-order valence-electron chi connectivity index (χ4n) is 2.23. The highest BCUT2D eigenvalue weighted by molar-refractivity contribution is 7.89. The van der Waals surface area contributed by atoms with Crippen molar-refractivity contribution < 1.29 is 27.5 Å². The summed E-state index contributed by atoms with van der Waals surface area (Å²) in [6.45, 7) is -0.118. The molecule has 1 fully saturated rings. The minimum Gasteiger partial charge on any atom is -0.497 e. The van der Waals surface area contributed by atoms with Crippen LogP contribution in [0.1, 0.15) is 19.3 Å². The SMILES string of the molecule is COc1ccc(S(=O)(=O)NCCC(=O)NC2CCC(=O)NC2=O)cc1. The van der Waals surface area contributed by atoms with Gasteiger partial charge in [0.05, 0.1) is 12.0 Å². The van der Waals surface area contributed by atoms with E-state index >= 15 is 0 Å². The normalized spacial score (nSPS) is 17.7. The third-order valence-corrected chi connectivity index (χ3v) is 5.07. The van der Waals surface area contributed by atoms with Crippen molar-refractivity contribution in [1.82, 2.24) is 15.4 Å². The van der Waals surface area contributed by atoms with E-state index in [-0.39, 0.29) is 36.6 Å². The molecule has 25 heavy (non-hydrogen) atoms. The highest BCUT2D eigenvalue weighted by Gasteiger charge is 2.27. The summed E-state index contributed by atoms with van der Waals surface area (Å²) in [5.74, 6) is -0.874. The summed E-state index contributed by atoms with van der Waals surface area (Å²) in [6.07, 6.45) is 0.252. The number of hydrogen-bond acceptors (Lipinski definition) is 6. The molecule has 0 spiro atoms. The lowest BCUT2D eigenvalue weighted by molar-refractivity contribution is -0.137. The van der Waals surface area contributed by atoms with Gasteiger partial charge in [0.2, 0.25) is 27.7 Å². The van der Waals surface area contributed by atoms with E-state index in [4.69, 9.17) is 4.74 Å². The topological polar surface area (TPSA) is 131 Å². The Morgan fingerprint density at radius 3 is 2.56 bits per heavy atom. The molecule has 1 atom stereocenters. The first-order chi connectivity index (χ1) is 11.8. The molecule has 2 rings (SSSR count). The number of benzene rings is 1. The predicted molar refractivity (Wildman–Crippen MR) is 87.1 cm³/mol. The van der Waals surface area contributed by atoms with E-state index in [1.54, 1.807) is 0 Å². The van der Waals surface area contributed by atoms with Gasteiger partial charge in [-0.3, -0.25) is 19.7 Å². The monoisotopic (exact) mass is 369 g/mol. The Morgan fingerprint density at radius 2 is 1.96 bits per heavy atom. The van der Waals surface area contributed by atoms with Gasteiger partial charge in [0, 0.05) is 19.4 Å². The molecule has 0 saturated carbocycles. The minimum absolute atomic E-state index is 0.0545. The van der Waals surface area contributed by atoms with E-state index < -0.39 is 27.9 Å². The summed E-state index contributed by atoms with van der Waals surface area (Å²) in [7, 11) is -2.27. The Balaban J connectivity index is 1.81. The largest absolute Gasteiger partial charge is 0.497 e. The number of hydrogen-bond donors (Lipinski definition) is 3. The zero-order chi connectivity index (χ0) is 18.4. The van der Waals surface area contributed by atoms with E-state index in [1.807, 2.05) is 0 Å². The van der Waals surface area contributed by atoms with Crippen LogP contribution < -0.4 is 20.1 Å². The molecule has 1 saturated heterocycles. The molecular formula is C15H19N3O6S. The lowest BCUT2D eigenvalue weighted by Gasteiger charge is -2.21. The number of imide groups is 1. The summed E-state index contributed by atoms with van der Waals surface area (Å²) in [6, 6.07) is 5.05. The van der Waals surface area contributed by atoms with E-state index in [0.717, 1.165) is 0 Å². The van der Waals surface area contributed by atoms with Crippen LogP contribution in [0.25, 0.3) is 0 Å². The van der Waals surface area contributed by atoms with Crippen molar-refractivity contribution in [3.63, 3.8) is 0 Å². The van der Waals surface area contributed by atoms with Gasteiger partial charge in [-0.25, -0.2) is 13.1 Å². The molecular weight excluding hydrogens is 350 g/mol. The van der Waals surface area contributed by atoms with Gasteiger partial charge < -0.3 is 10.1 Å². The molecule has 1 aromatic rings. The van der Waals surface area contributed by atoms with Gasteiger partial charge >= 0.3 is 0 Å². The summed E-state index contributed by atoms with van der Waals surface area (Å²) in [5, 5.41) is 4.61. The number of piperidine rings is 1. The molecule has 1 heterocycles. The standard InChI is InChI=1S/C15H19N3O6S/c1-24-10-2-4-11(5-3-10)25(22,23)16-9-8-14(20)17-12-6-7-13(19)18-15(12)21/h2-5,12,16H,6-9H2,1H3,(H,17,20)(H,18,19,21). The first-order valence-electron chi connectivity index (χ1n) is 7.58. The lowest BCUT2D eigenvalue weighted by atomic mass is 10.1. The second kappa shape index (κ2) is 8.08. The Labute approximate surface area is 145 Å². The molecule has 0 aromatic heterocycles. The zero-order valence-electron chi connectivity index (χ0n) is 13.6. The van der Waals surface area contributed by atoms with Crippen LogP contribution in [0.15, 0.2) is 29.2 Å². The molecule has 0 aliphatic carbocycles. The van der Waals surface area contributed by atoms with Crippen molar-refractivity contribution >= 4 is 27.7 Å². The summed E-state index contributed by atoms with van der Waals surface area (Å²) in [5.41, 5.74) is 0. The highest BCUT2D eigenvalue weighted by Crippen LogP contribution is 2.15. The second-order valence-electron chi connectivity index (χ2n) is 5.39. The molecule has 1 aromatic carbocycles. The van der Waals surface area contributed by atoms with Crippen molar-refractivity contribution in [2.75, 3.05) is 13.7 Å². The molecule has 0 bridgehead atoms. The van der Waals surface area contributed by atoms with Gasteiger partial charge in [-0.15, -0.1) is 0 Å². The Bertz CT molecular complexity index is 760. The minimum atomic E-state index is -3.74. The molecule has 1 aliphatic rings. The van der Waals surface area contributed by atoms with Crippen molar-refractivity contribution in [2.24, 2.45) is 0 Å². The van der Waals surface area contributed by atoms with E-state index in [1.165, 1.54) is 31.4 Å². The fraction of sp³-hybridized carbons (Fsp3) is 0.400. The van der Waals surface area contributed by atoms with Crippen molar-refractivity contribution in [2.45, 2.75) is 30.2 Å². The predicted octanol–water partition coefficient (Wildman–Crippen LogP) is -0.715. The summed E-state index contributed by atoms with van der Waals surface area (Å²) in [4.78, 5) is 34.4. The van der Waals surface area contributed by atoms with Gasteiger partial charge in [-0.2, -0.15) is 0 Å². The van der Waals surface area contributed by atoms with Gasteiger partial charge in [-0.05, 0) is 30.7 Å². The zero-order valence-corrected chi connectivity index (χ0v) is 14.4. The number of rotatable bonds is 7. The molecule has 9 nitrogen and oxygen atoms in total. The molecule has 3 amide bonds. The maximum atomic E-state index is 12.1. The molecule has 0 radical (unpaired) electrons. The van der Waals surface area contributed by atoms with Crippen LogP contribution in [0.4, 0.5) is 0 Å². The van der Waals surface area contributed by atoms with Crippen molar-refractivity contribution in [3.8, 4) is 5.75 Å². The Morgan fingerprint density at radius 1 is 1.28 bits per heavy atom. The summed E-state index contributed by atoms with van der Waals surface area (Å²) < 4.78 is 31.5.